The molecule has 0 aromatic heterocycles. The van der Waals surface area contributed by atoms with Crippen molar-refractivity contribution < 1.29 is 84.5 Å². The number of quaternary nitrogens is 2. The Morgan fingerprint density at radius 1 is 0.330 bits per heavy atom. The molecule has 0 radical (unpaired) electrons. The van der Waals surface area contributed by atoms with E-state index in [-0.39, 0.29) is 68.1 Å². The highest BCUT2D eigenvalue weighted by Crippen LogP contribution is 2.43. The molecule has 596 valence electrons. The fraction of sp³-hybridized carbons (Fsp3) is 0.950. The highest BCUT2D eigenvalue weighted by Gasteiger charge is 2.32. The van der Waals surface area contributed by atoms with Crippen molar-refractivity contribution in [3.63, 3.8) is 0 Å². The molecule has 0 bridgehead atoms. The lowest BCUT2D eigenvalue weighted by atomic mass is 10.0. The third-order valence-corrected chi connectivity index (χ3v) is 20.3. The van der Waals surface area contributed by atoms with E-state index in [0.717, 1.165) is 77.0 Å². The van der Waals surface area contributed by atoms with Crippen LogP contribution in [0.25, 0.3) is 0 Å². The standard InChI is InChI=1S/2C40H80NO8P/c1-6-8-10-12-14-16-18-20-22-24-26-28-30-32-39(42)47-36-38(34-37(41(3,4)5)35-48-50(44,45)46)49-40(43)33-31-29-27-25-23-21-19-17-15-13-11-9-7-2;1-6-8-10-12-14-16-18-20-22-24-26-28-30-32-39(42)46-36-38(37-48-50(44,45)47-35-34-41(3,4)5)49-40(43)33-31-29-27-25-23-21-19-17-15-13-11-9-7-2/h37-38H,6-36H2,1-5H3,(H-,44,45,46);38H,6-37H2,1-5H3/t;38-/m.1/s1. The third-order valence-electron chi connectivity index (χ3n) is 18.9. The van der Waals surface area contributed by atoms with Crippen LogP contribution in [-0.4, -0.2) is 138 Å². The number of unbranched alkanes of at least 4 members (excludes halogenated alkanes) is 48. The molecule has 0 saturated heterocycles. The van der Waals surface area contributed by atoms with Crippen LogP contribution in [-0.2, 0) is 60.8 Å². The first kappa shape index (κ1) is 100. The first-order chi connectivity index (χ1) is 47.9. The number of ether oxygens (including phenoxy) is 4. The minimum atomic E-state index is -5.17. The molecule has 20 heteroatoms. The Labute approximate surface area is 614 Å². The van der Waals surface area contributed by atoms with Crippen LogP contribution in [0.2, 0.25) is 0 Å². The molecule has 0 aliphatic heterocycles. The molecular weight excluding hydrogens is 1310 g/mol. The predicted molar refractivity (Wildman–Crippen MR) is 408 cm³/mol. The van der Waals surface area contributed by atoms with E-state index < -0.39 is 46.5 Å². The van der Waals surface area contributed by atoms with Crippen LogP contribution in [0.3, 0.4) is 0 Å². The quantitative estimate of drug-likeness (QED) is 0.0196. The number of esters is 4. The molecule has 1 N–H and O–H groups in total. The van der Waals surface area contributed by atoms with Crippen molar-refractivity contribution >= 4 is 39.5 Å². The molecule has 4 atom stereocenters. The summed E-state index contributed by atoms with van der Waals surface area (Å²) in [6.45, 7) is 8.49. The van der Waals surface area contributed by atoms with Crippen LogP contribution in [0.1, 0.15) is 394 Å². The molecule has 100 heavy (non-hydrogen) atoms. The van der Waals surface area contributed by atoms with E-state index in [4.69, 9.17) is 28.0 Å². The van der Waals surface area contributed by atoms with Gasteiger partial charge < -0.3 is 51.7 Å². The Morgan fingerprint density at radius 3 is 0.840 bits per heavy atom. The van der Waals surface area contributed by atoms with Crippen molar-refractivity contribution in [1.82, 2.24) is 0 Å². The van der Waals surface area contributed by atoms with Gasteiger partial charge in [0, 0.05) is 32.1 Å². The summed E-state index contributed by atoms with van der Waals surface area (Å²) >= 11 is 0. The van der Waals surface area contributed by atoms with E-state index >= 15 is 0 Å². The molecule has 0 aromatic rings. The van der Waals surface area contributed by atoms with Gasteiger partial charge in [-0.05, 0) is 25.7 Å². The fourth-order valence-corrected chi connectivity index (χ4v) is 13.3. The number of likely N-dealkylation sites (N-methyl/N-ethyl adjacent to an activating group) is 2. The first-order valence-electron chi connectivity index (χ1n) is 41.5. The number of carbonyl (C=O) groups excluding carboxylic acids is 4. The van der Waals surface area contributed by atoms with E-state index in [1.165, 1.54) is 257 Å². The largest absolute Gasteiger partial charge is 0.790 e. The Morgan fingerprint density at radius 2 is 0.580 bits per heavy atom. The van der Waals surface area contributed by atoms with Gasteiger partial charge in [0.15, 0.2) is 6.10 Å². The SMILES string of the molecule is CCCCCCCCCCCCCCCC(=O)OCC(CC(COP(=O)([O-])[O-])[N+](C)(C)C)OC(=O)CCCCCCCCCCCCCCC.CCCCCCCCCCCCCCCC(=O)OC[C@H](COP(=O)(O)OCC[N+](C)(C)C)OC(=O)CCCCCCCCCCCCCCC. The average Bonchev–Trinajstić information content (AvgIpc) is 0.888. The second kappa shape index (κ2) is 70.0. The minimum Gasteiger partial charge on any atom is -0.790 e. The number of hydrogen-bond donors (Lipinski definition) is 1. The summed E-state index contributed by atoms with van der Waals surface area (Å²) in [6, 6.07) is -0.472. The molecule has 0 rings (SSSR count). The number of phosphoric ester groups is 2. The van der Waals surface area contributed by atoms with Crippen LogP contribution < -0.4 is 9.79 Å². The van der Waals surface area contributed by atoms with Gasteiger partial charge in [0.1, 0.15) is 45.1 Å². The number of hydrogen-bond acceptors (Lipinski definition) is 15. The fourth-order valence-electron chi connectivity index (χ4n) is 12.2. The van der Waals surface area contributed by atoms with E-state index in [9.17, 15) is 43.0 Å². The zero-order valence-electron chi connectivity index (χ0n) is 66.6. The normalized spacial score (nSPS) is 13.5. The molecule has 3 unspecified atom stereocenters. The third kappa shape index (κ3) is 77.1. The van der Waals surface area contributed by atoms with Gasteiger partial charge in [0.2, 0.25) is 0 Å². The highest BCUT2D eigenvalue weighted by molar-refractivity contribution is 7.47. The monoisotopic (exact) mass is 1470 g/mol. The minimum absolute atomic E-state index is 0.0366. The lowest BCUT2D eigenvalue weighted by Crippen LogP contribution is -2.50. The number of phosphoric acid groups is 2. The summed E-state index contributed by atoms with van der Waals surface area (Å²) in [5.74, 6) is -1.47. The van der Waals surface area contributed by atoms with E-state index in [2.05, 4.69) is 32.2 Å². The number of rotatable bonds is 75. The average molecular weight is 1470 g/mol. The Balaban J connectivity index is 0. The molecule has 0 aliphatic rings. The number of nitrogens with zero attached hydrogens (tertiary/aromatic N) is 2. The zero-order chi connectivity index (χ0) is 74.5. The molecule has 18 nitrogen and oxygen atoms in total. The van der Waals surface area contributed by atoms with Crippen molar-refractivity contribution in [2.45, 2.75) is 412 Å². The molecule has 0 aliphatic carbocycles. The maximum atomic E-state index is 12.8. The molecule has 0 heterocycles. The zero-order valence-corrected chi connectivity index (χ0v) is 68.4. The smallest absolute Gasteiger partial charge is 0.472 e. The van der Waals surface area contributed by atoms with E-state index in [0.29, 0.717) is 23.9 Å². The van der Waals surface area contributed by atoms with Crippen LogP contribution in [0.4, 0.5) is 0 Å². The first-order valence-corrected chi connectivity index (χ1v) is 44.4. The van der Waals surface area contributed by atoms with Crippen LogP contribution in [0, 0.1) is 0 Å². The molecule has 0 aromatic carbocycles. The number of carbonyl (C=O) groups is 4. The lowest BCUT2D eigenvalue weighted by Gasteiger charge is -2.38. The van der Waals surface area contributed by atoms with Crippen LogP contribution in [0.15, 0.2) is 0 Å². The van der Waals surface area contributed by atoms with Gasteiger partial charge in [-0.15, -0.1) is 0 Å². The predicted octanol–water partition coefficient (Wildman–Crippen LogP) is 21.0. The molecule has 0 amide bonds. The van der Waals surface area contributed by atoms with Crippen molar-refractivity contribution in [3.8, 4) is 0 Å². The van der Waals surface area contributed by atoms with Gasteiger partial charge in [-0.25, -0.2) is 4.57 Å². The Hall–Kier alpha value is -1.98. The Kier molecular flexibility index (Phi) is 70.1. The summed E-state index contributed by atoms with van der Waals surface area (Å²) in [7, 11) is 1.87. The summed E-state index contributed by atoms with van der Waals surface area (Å²) in [5.41, 5.74) is 0. The Bertz CT molecular complexity index is 1950. The van der Waals surface area contributed by atoms with Crippen LogP contribution >= 0.6 is 15.6 Å². The maximum absolute atomic E-state index is 12.8. The molecule has 0 spiro atoms. The van der Waals surface area contributed by atoms with Gasteiger partial charge in [-0.3, -0.25) is 28.2 Å². The second-order valence-corrected chi connectivity index (χ2v) is 33.5. The van der Waals surface area contributed by atoms with Gasteiger partial charge in [0.25, 0.3) is 0 Å². The molecule has 0 fully saturated rings. The van der Waals surface area contributed by atoms with Gasteiger partial charge in [0.05, 0.1) is 56.7 Å². The van der Waals surface area contributed by atoms with Crippen molar-refractivity contribution in [3.05, 3.63) is 0 Å². The highest BCUT2D eigenvalue weighted by atomic mass is 31.2. The van der Waals surface area contributed by atoms with E-state index in [1.54, 1.807) is 0 Å². The second-order valence-electron chi connectivity index (χ2n) is 30.9. The van der Waals surface area contributed by atoms with Gasteiger partial charge >= 0.3 is 31.7 Å². The summed E-state index contributed by atoms with van der Waals surface area (Å²) in [6.07, 6.45) is 63.2. The van der Waals surface area contributed by atoms with Gasteiger partial charge in [-0.1, -0.05) is 336 Å². The summed E-state index contributed by atoms with van der Waals surface area (Å²) < 4.78 is 61.6. The molecular formula is C80H160N2O16P2. The topological polar surface area (TPSA) is 233 Å². The summed E-state index contributed by atoms with van der Waals surface area (Å²) in [4.78, 5) is 83.0. The van der Waals surface area contributed by atoms with Crippen molar-refractivity contribution in [2.24, 2.45) is 0 Å². The molecule has 0 saturated carbocycles. The van der Waals surface area contributed by atoms with Crippen molar-refractivity contribution in [1.29, 1.82) is 0 Å². The van der Waals surface area contributed by atoms with Gasteiger partial charge in [-0.2, -0.15) is 0 Å². The maximum Gasteiger partial charge on any atom is 0.472 e. The van der Waals surface area contributed by atoms with Crippen molar-refractivity contribution in [2.75, 3.05) is 81.9 Å². The van der Waals surface area contributed by atoms with E-state index in [1.807, 2.05) is 42.3 Å². The van der Waals surface area contributed by atoms with Crippen LogP contribution in [0.5, 0.6) is 0 Å². The lowest BCUT2D eigenvalue weighted by molar-refractivity contribution is -0.897. The summed E-state index contributed by atoms with van der Waals surface area (Å²) in [5, 5.41) is 0.